The average Bonchev–Trinajstić information content (AvgIpc) is 2.20. The molecule has 0 heterocycles. The van der Waals surface area contributed by atoms with Gasteiger partial charge in [0.25, 0.3) is 0 Å². The Morgan fingerprint density at radius 1 is 0.714 bits per heavy atom. The monoisotopic (exact) mass is 224 g/mol. The molecule has 2 heteroatoms. The van der Waals surface area contributed by atoms with E-state index in [4.69, 9.17) is 11.6 Å². The lowest BCUT2D eigenvalue weighted by atomic mass is 10.1. The molecule has 0 aliphatic heterocycles. The van der Waals surface area contributed by atoms with Gasteiger partial charge in [0.1, 0.15) is 0 Å². The first-order valence-electron chi connectivity index (χ1n) is 4.18. The number of benzene rings is 2. The standard InChI is InChI=1S/C12H9Cl.ClH/c13-12-9-5-4-8-11(12)10-6-2-1-3-7-10;/h1-9H;1H. The molecule has 0 amide bonds. The van der Waals surface area contributed by atoms with Crippen molar-refractivity contribution in [1.29, 1.82) is 0 Å². The maximum Gasteiger partial charge on any atom is 0.0484 e. The molecule has 0 aliphatic rings. The highest BCUT2D eigenvalue weighted by Crippen LogP contribution is 2.26. The van der Waals surface area contributed by atoms with E-state index in [9.17, 15) is 0 Å². The summed E-state index contributed by atoms with van der Waals surface area (Å²) in [5, 5.41) is 0.800. The van der Waals surface area contributed by atoms with E-state index in [-0.39, 0.29) is 12.4 Å². The summed E-state index contributed by atoms with van der Waals surface area (Å²) in [7, 11) is 0. The highest BCUT2D eigenvalue weighted by molar-refractivity contribution is 6.33. The van der Waals surface area contributed by atoms with Gasteiger partial charge in [0.2, 0.25) is 0 Å². The minimum atomic E-state index is 0. The summed E-state index contributed by atoms with van der Waals surface area (Å²) < 4.78 is 0. The highest BCUT2D eigenvalue weighted by Gasteiger charge is 1.99. The molecule has 0 saturated carbocycles. The van der Waals surface area contributed by atoms with Crippen LogP contribution in [-0.2, 0) is 0 Å². The lowest BCUT2D eigenvalue weighted by molar-refractivity contribution is 1.62. The van der Waals surface area contributed by atoms with Gasteiger partial charge in [-0.25, -0.2) is 0 Å². The topological polar surface area (TPSA) is 0 Å². The summed E-state index contributed by atoms with van der Waals surface area (Å²) in [6.07, 6.45) is 0. The van der Waals surface area contributed by atoms with Crippen LogP contribution in [-0.4, -0.2) is 0 Å². The zero-order chi connectivity index (χ0) is 9.10. The molecule has 0 saturated heterocycles. The third-order valence-electron chi connectivity index (χ3n) is 1.96. The molecule has 0 aromatic heterocycles. The molecule has 14 heavy (non-hydrogen) atoms. The van der Waals surface area contributed by atoms with Crippen LogP contribution in [0.15, 0.2) is 54.6 Å². The van der Waals surface area contributed by atoms with Crippen LogP contribution in [0.4, 0.5) is 0 Å². The van der Waals surface area contributed by atoms with Gasteiger partial charge in [0, 0.05) is 10.6 Å². The molecule has 2 aromatic rings. The fraction of sp³-hybridized carbons (Fsp3) is 0. The van der Waals surface area contributed by atoms with Crippen LogP contribution < -0.4 is 0 Å². The second-order valence-corrected chi connectivity index (χ2v) is 3.25. The number of hydrogen-bond donors (Lipinski definition) is 0. The predicted octanol–water partition coefficient (Wildman–Crippen LogP) is 4.43. The highest BCUT2D eigenvalue weighted by atomic mass is 35.5. The Bertz CT molecular complexity index is 396. The Morgan fingerprint density at radius 3 is 1.93 bits per heavy atom. The molecule has 0 spiro atoms. The first-order valence-corrected chi connectivity index (χ1v) is 4.55. The van der Waals surface area contributed by atoms with E-state index in [2.05, 4.69) is 12.1 Å². The van der Waals surface area contributed by atoms with Crippen molar-refractivity contribution in [3.63, 3.8) is 0 Å². The third-order valence-corrected chi connectivity index (χ3v) is 2.29. The predicted molar refractivity (Wildman–Crippen MR) is 64.1 cm³/mol. The van der Waals surface area contributed by atoms with Crippen LogP contribution >= 0.6 is 24.0 Å². The fourth-order valence-electron chi connectivity index (χ4n) is 1.31. The summed E-state index contributed by atoms with van der Waals surface area (Å²) in [6, 6.07) is 18.0. The average molecular weight is 225 g/mol. The second kappa shape index (κ2) is 5.04. The third kappa shape index (κ3) is 2.28. The van der Waals surface area contributed by atoms with Crippen molar-refractivity contribution >= 4 is 24.0 Å². The van der Waals surface area contributed by atoms with E-state index in [1.54, 1.807) is 0 Å². The maximum atomic E-state index is 6.06. The van der Waals surface area contributed by atoms with Gasteiger partial charge in [-0.15, -0.1) is 12.4 Å². The van der Waals surface area contributed by atoms with E-state index >= 15 is 0 Å². The molecular weight excluding hydrogens is 215 g/mol. The van der Waals surface area contributed by atoms with Gasteiger partial charge in [0.05, 0.1) is 0 Å². The Balaban J connectivity index is 0.000000980. The summed E-state index contributed by atoms with van der Waals surface area (Å²) >= 11 is 6.06. The first-order chi connectivity index (χ1) is 6.38. The van der Waals surface area contributed by atoms with Gasteiger partial charge < -0.3 is 0 Å². The molecule has 0 nitrogen and oxygen atoms in total. The van der Waals surface area contributed by atoms with Crippen molar-refractivity contribution in [3.8, 4) is 11.1 Å². The van der Waals surface area contributed by atoms with Crippen molar-refractivity contribution in [3.05, 3.63) is 59.6 Å². The molecule has 0 fully saturated rings. The summed E-state index contributed by atoms with van der Waals surface area (Å²) in [5.41, 5.74) is 2.25. The minimum Gasteiger partial charge on any atom is -0.147 e. The van der Waals surface area contributed by atoms with Crippen LogP contribution in [0.3, 0.4) is 0 Å². The molecule has 0 atom stereocenters. The van der Waals surface area contributed by atoms with Gasteiger partial charge in [-0.05, 0) is 11.6 Å². The van der Waals surface area contributed by atoms with Gasteiger partial charge in [-0.3, -0.25) is 0 Å². The Morgan fingerprint density at radius 2 is 1.29 bits per heavy atom. The fourth-order valence-corrected chi connectivity index (χ4v) is 1.56. The number of halogens is 2. The van der Waals surface area contributed by atoms with E-state index in [1.807, 2.05) is 42.5 Å². The molecular formula is C12H10Cl2. The van der Waals surface area contributed by atoms with Gasteiger partial charge in [0.15, 0.2) is 0 Å². The quantitative estimate of drug-likeness (QED) is 0.673. The maximum absolute atomic E-state index is 6.06. The van der Waals surface area contributed by atoms with E-state index in [1.165, 1.54) is 0 Å². The molecule has 2 rings (SSSR count). The van der Waals surface area contributed by atoms with Crippen LogP contribution in [0, 0.1) is 0 Å². The molecule has 0 unspecified atom stereocenters. The molecule has 0 aliphatic carbocycles. The second-order valence-electron chi connectivity index (χ2n) is 2.85. The molecule has 0 N–H and O–H groups in total. The lowest BCUT2D eigenvalue weighted by Gasteiger charge is -2.02. The lowest BCUT2D eigenvalue weighted by Crippen LogP contribution is -1.77. The van der Waals surface area contributed by atoms with Crippen LogP contribution in [0.2, 0.25) is 5.02 Å². The number of rotatable bonds is 1. The molecule has 0 radical (unpaired) electrons. The molecule has 0 bridgehead atoms. The Labute approximate surface area is 94.9 Å². The van der Waals surface area contributed by atoms with E-state index in [0.29, 0.717) is 0 Å². The molecule has 2 aromatic carbocycles. The van der Waals surface area contributed by atoms with Crippen molar-refractivity contribution < 1.29 is 0 Å². The minimum absolute atomic E-state index is 0. The van der Waals surface area contributed by atoms with Crippen LogP contribution in [0.25, 0.3) is 11.1 Å². The van der Waals surface area contributed by atoms with Crippen LogP contribution in [0.5, 0.6) is 0 Å². The Kier molecular flexibility index (Phi) is 3.99. The van der Waals surface area contributed by atoms with Crippen molar-refractivity contribution in [2.75, 3.05) is 0 Å². The van der Waals surface area contributed by atoms with Crippen molar-refractivity contribution in [2.24, 2.45) is 0 Å². The zero-order valence-electron chi connectivity index (χ0n) is 7.48. The van der Waals surface area contributed by atoms with Crippen LogP contribution in [0.1, 0.15) is 0 Å². The van der Waals surface area contributed by atoms with Gasteiger partial charge >= 0.3 is 0 Å². The molecule has 72 valence electrons. The van der Waals surface area contributed by atoms with Gasteiger partial charge in [-0.2, -0.15) is 0 Å². The summed E-state index contributed by atoms with van der Waals surface area (Å²) in [5.74, 6) is 0. The Hall–Kier alpha value is -0.980. The SMILES string of the molecule is Cl.Clc1ccccc1-c1ccccc1. The van der Waals surface area contributed by atoms with Gasteiger partial charge in [-0.1, -0.05) is 60.1 Å². The largest absolute Gasteiger partial charge is 0.147 e. The normalized spacial score (nSPS) is 9.21. The summed E-state index contributed by atoms with van der Waals surface area (Å²) in [6.45, 7) is 0. The zero-order valence-corrected chi connectivity index (χ0v) is 9.05. The van der Waals surface area contributed by atoms with E-state index < -0.39 is 0 Å². The van der Waals surface area contributed by atoms with Crippen molar-refractivity contribution in [1.82, 2.24) is 0 Å². The smallest absolute Gasteiger partial charge is 0.0484 e. The summed E-state index contributed by atoms with van der Waals surface area (Å²) in [4.78, 5) is 0. The number of hydrogen-bond acceptors (Lipinski definition) is 0. The first kappa shape index (κ1) is 11.1. The van der Waals surface area contributed by atoms with E-state index in [0.717, 1.165) is 16.1 Å². The van der Waals surface area contributed by atoms with Crippen molar-refractivity contribution in [2.45, 2.75) is 0 Å².